The van der Waals surface area contributed by atoms with Gasteiger partial charge in [0.25, 0.3) is 11.4 Å². The van der Waals surface area contributed by atoms with Crippen LogP contribution in [0.5, 0.6) is 0 Å². The third kappa shape index (κ3) is 7.48. The molecule has 232 valence electrons. The van der Waals surface area contributed by atoms with Crippen LogP contribution in [0.4, 0.5) is 16.2 Å². The number of guanidine groups is 1. The molecule has 4 N–H and O–H groups in total. The number of hydrogen-bond donors (Lipinski definition) is 3. The summed E-state index contributed by atoms with van der Waals surface area (Å²) in [5.74, 6) is -1.67. The molecule has 2 amide bonds. The SMILES string of the molecule is C[C@@H](O)[C@H]1C(=O)N2C(C(=O)OCc3ccc([N+](=O)[O-])cc3)=C(SCCN=C(N)NC(=O)OCc3ccc([N+](=O)[O-])cc3)C[C@H]12. The van der Waals surface area contributed by atoms with Crippen LogP contribution < -0.4 is 11.1 Å². The van der Waals surface area contributed by atoms with E-state index >= 15 is 0 Å². The Balaban J connectivity index is 1.31. The smallest absolute Gasteiger partial charge is 0.414 e. The lowest BCUT2D eigenvalue weighted by molar-refractivity contribution is -0.385. The molecule has 44 heavy (non-hydrogen) atoms. The number of non-ortho nitro benzene ring substituents is 2. The number of fused-ring (bicyclic) bond motifs is 1. The predicted molar refractivity (Wildman–Crippen MR) is 156 cm³/mol. The number of aliphatic hydroxyl groups excluding tert-OH is 1. The quantitative estimate of drug-likeness (QED) is 0.0585. The molecule has 0 saturated carbocycles. The van der Waals surface area contributed by atoms with Gasteiger partial charge >= 0.3 is 12.1 Å². The van der Waals surface area contributed by atoms with Gasteiger partial charge in [-0.2, -0.15) is 0 Å². The van der Waals surface area contributed by atoms with E-state index in [0.717, 1.165) is 0 Å². The van der Waals surface area contributed by atoms with Crippen molar-refractivity contribution in [1.82, 2.24) is 10.2 Å². The highest BCUT2D eigenvalue weighted by Gasteiger charge is 2.57. The minimum Gasteiger partial charge on any atom is -0.456 e. The number of carbonyl (C=O) groups excluding carboxylic acids is 3. The van der Waals surface area contributed by atoms with Gasteiger partial charge in [0.1, 0.15) is 18.9 Å². The molecule has 2 aromatic carbocycles. The Morgan fingerprint density at radius 2 is 1.61 bits per heavy atom. The van der Waals surface area contributed by atoms with Crippen molar-refractivity contribution in [3.63, 3.8) is 0 Å². The van der Waals surface area contributed by atoms with Crippen molar-refractivity contribution < 1.29 is 38.8 Å². The summed E-state index contributed by atoms with van der Waals surface area (Å²) in [7, 11) is 0. The summed E-state index contributed by atoms with van der Waals surface area (Å²) in [5.41, 5.74) is 6.70. The molecule has 0 aliphatic carbocycles. The van der Waals surface area contributed by atoms with E-state index in [9.17, 15) is 39.7 Å². The number of nitro benzene ring substituents is 2. The molecule has 0 spiro atoms. The first-order chi connectivity index (χ1) is 21.0. The van der Waals surface area contributed by atoms with Gasteiger partial charge in [-0.05, 0) is 42.3 Å². The molecule has 2 aliphatic rings. The van der Waals surface area contributed by atoms with Crippen LogP contribution >= 0.6 is 11.8 Å². The first-order valence-corrected chi connectivity index (χ1v) is 14.2. The number of rotatable bonds is 12. The molecule has 2 aromatic rings. The van der Waals surface area contributed by atoms with Crippen LogP contribution in [-0.4, -0.2) is 68.2 Å². The number of aliphatic hydroxyl groups is 1. The summed E-state index contributed by atoms with van der Waals surface area (Å²) in [6.45, 7) is 1.33. The number of alkyl carbamates (subject to hydrolysis) is 1. The van der Waals surface area contributed by atoms with Gasteiger partial charge in [0.15, 0.2) is 5.96 Å². The molecule has 0 unspecified atom stereocenters. The normalized spacial score (nSPS) is 18.3. The number of ether oxygens (including phenoxy) is 2. The summed E-state index contributed by atoms with van der Waals surface area (Å²) in [4.78, 5) is 64.3. The second-order valence-electron chi connectivity index (χ2n) is 9.76. The van der Waals surface area contributed by atoms with Crippen molar-refractivity contribution in [2.75, 3.05) is 12.3 Å². The molecule has 2 aliphatic heterocycles. The number of aliphatic imine (C=N–C) groups is 1. The Bertz CT molecular complexity index is 1510. The lowest BCUT2D eigenvalue weighted by Gasteiger charge is -2.44. The van der Waals surface area contributed by atoms with E-state index in [1.807, 2.05) is 0 Å². The maximum atomic E-state index is 13.1. The highest BCUT2D eigenvalue weighted by molar-refractivity contribution is 8.03. The first-order valence-electron chi connectivity index (χ1n) is 13.2. The highest BCUT2D eigenvalue weighted by atomic mass is 32.2. The van der Waals surface area contributed by atoms with Crippen molar-refractivity contribution in [3.8, 4) is 0 Å². The number of carbonyl (C=O) groups is 3. The topological polar surface area (TPSA) is 230 Å². The number of amides is 2. The Morgan fingerprint density at radius 3 is 2.14 bits per heavy atom. The summed E-state index contributed by atoms with van der Waals surface area (Å²) in [5, 5.41) is 33.9. The molecular formula is C27H28N6O10S. The molecule has 16 nitrogen and oxygen atoms in total. The van der Waals surface area contributed by atoms with Gasteiger partial charge in [0.2, 0.25) is 5.91 Å². The third-order valence-electron chi connectivity index (χ3n) is 6.80. The van der Waals surface area contributed by atoms with Crippen LogP contribution in [0.15, 0.2) is 64.1 Å². The summed E-state index contributed by atoms with van der Waals surface area (Å²) < 4.78 is 10.5. The molecule has 4 rings (SSSR count). The zero-order valence-corrected chi connectivity index (χ0v) is 24.1. The summed E-state index contributed by atoms with van der Waals surface area (Å²) >= 11 is 1.26. The zero-order valence-electron chi connectivity index (χ0n) is 23.3. The second kappa shape index (κ2) is 14.0. The van der Waals surface area contributed by atoms with E-state index in [4.69, 9.17) is 15.2 Å². The average Bonchev–Trinajstić information content (AvgIpc) is 3.31. The minimum atomic E-state index is -0.902. The zero-order chi connectivity index (χ0) is 32.0. The number of β-lactam (4-membered cyclic amide) rings is 1. The van der Waals surface area contributed by atoms with Crippen LogP contribution in [0, 0.1) is 26.1 Å². The van der Waals surface area contributed by atoms with Gasteiger partial charge in [0, 0.05) is 41.3 Å². The van der Waals surface area contributed by atoms with Gasteiger partial charge in [0.05, 0.1) is 34.5 Å². The van der Waals surface area contributed by atoms with E-state index in [0.29, 0.717) is 28.2 Å². The standard InChI is InChI=1S/C27H28N6O10S/c1-15(34)22-20-12-21(23(31(20)24(22)35)25(36)42-13-16-2-6-18(7-3-16)32(38)39)44-11-10-29-26(28)30-27(37)43-14-17-4-8-19(9-5-17)33(40)41/h2-9,15,20,22,34H,10-14H2,1H3,(H3,28,29,30,37)/t15-,20-,22-/m1/s1. The van der Waals surface area contributed by atoms with Crippen molar-refractivity contribution in [2.45, 2.75) is 38.7 Å². The molecule has 2 heterocycles. The Kier molecular flexibility index (Phi) is 10.1. The van der Waals surface area contributed by atoms with Crippen molar-refractivity contribution in [3.05, 3.63) is 90.5 Å². The molecule has 0 bridgehead atoms. The fourth-order valence-electron chi connectivity index (χ4n) is 4.66. The Hall–Kier alpha value is -5.03. The molecule has 3 atom stereocenters. The number of nitrogens with one attached hydrogen (secondary N) is 1. The monoisotopic (exact) mass is 628 g/mol. The number of benzene rings is 2. The van der Waals surface area contributed by atoms with Crippen LogP contribution in [0.25, 0.3) is 0 Å². The molecule has 1 fully saturated rings. The van der Waals surface area contributed by atoms with Crippen LogP contribution in [0.2, 0.25) is 0 Å². The fraction of sp³-hybridized carbons (Fsp3) is 0.333. The maximum absolute atomic E-state index is 13.1. The van der Waals surface area contributed by atoms with Crippen molar-refractivity contribution in [2.24, 2.45) is 16.6 Å². The van der Waals surface area contributed by atoms with E-state index < -0.39 is 40.0 Å². The van der Waals surface area contributed by atoms with E-state index in [1.54, 1.807) is 0 Å². The summed E-state index contributed by atoms with van der Waals surface area (Å²) in [6, 6.07) is 10.6. The van der Waals surface area contributed by atoms with Gasteiger partial charge in [-0.25, -0.2) is 9.59 Å². The third-order valence-corrected chi connectivity index (χ3v) is 7.89. The molecule has 1 saturated heterocycles. The Morgan fingerprint density at radius 1 is 1.07 bits per heavy atom. The predicted octanol–water partition coefficient (Wildman–Crippen LogP) is 2.34. The number of nitrogens with two attached hydrogens (primary N) is 1. The largest absolute Gasteiger partial charge is 0.456 e. The van der Waals surface area contributed by atoms with Gasteiger partial charge in [-0.3, -0.25) is 35.3 Å². The van der Waals surface area contributed by atoms with Crippen LogP contribution in [-0.2, 0) is 32.3 Å². The lowest BCUT2D eigenvalue weighted by atomic mass is 9.83. The first kappa shape index (κ1) is 31.9. The molecule has 0 aromatic heterocycles. The number of nitro groups is 2. The fourth-order valence-corrected chi connectivity index (χ4v) is 5.69. The van der Waals surface area contributed by atoms with Gasteiger partial charge in [-0.15, -0.1) is 11.8 Å². The van der Waals surface area contributed by atoms with E-state index in [1.165, 1.54) is 72.1 Å². The van der Waals surface area contributed by atoms with E-state index in [-0.39, 0.29) is 48.7 Å². The van der Waals surface area contributed by atoms with Gasteiger partial charge < -0.3 is 25.2 Å². The number of esters is 1. The van der Waals surface area contributed by atoms with Crippen molar-refractivity contribution in [1.29, 1.82) is 0 Å². The summed E-state index contributed by atoms with van der Waals surface area (Å²) in [6.07, 6.45) is -1.44. The number of nitrogens with zero attached hydrogens (tertiary/aromatic N) is 4. The second-order valence-corrected chi connectivity index (χ2v) is 10.9. The Labute approximate surface area is 254 Å². The van der Waals surface area contributed by atoms with Crippen molar-refractivity contribution >= 4 is 47.1 Å². The minimum absolute atomic E-state index is 0.0775. The number of thioether (sulfide) groups is 1. The van der Waals surface area contributed by atoms with Crippen LogP contribution in [0.1, 0.15) is 24.5 Å². The van der Waals surface area contributed by atoms with Crippen LogP contribution in [0.3, 0.4) is 0 Å². The average molecular weight is 629 g/mol. The van der Waals surface area contributed by atoms with E-state index in [2.05, 4.69) is 10.3 Å². The number of hydrogen-bond acceptors (Lipinski definition) is 12. The lowest BCUT2D eigenvalue weighted by Crippen LogP contribution is -2.61. The maximum Gasteiger partial charge on any atom is 0.414 e. The molecular weight excluding hydrogens is 600 g/mol. The highest BCUT2D eigenvalue weighted by Crippen LogP contribution is 2.47. The van der Waals surface area contributed by atoms with Gasteiger partial charge in [-0.1, -0.05) is 0 Å². The molecule has 0 radical (unpaired) electrons. The molecule has 17 heteroatoms.